The molecule has 0 saturated carbocycles. The molecule has 2 atom stereocenters. The van der Waals surface area contributed by atoms with Crippen LogP contribution in [0.2, 0.25) is 0 Å². The Morgan fingerprint density at radius 3 is 2.68 bits per heavy atom. The number of benzene rings is 1. The molecule has 1 aliphatic rings. The van der Waals surface area contributed by atoms with Crippen molar-refractivity contribution in [2.75, 3.05) is 6.54 Å². The second-order valence-corrected chi connectivity index (χ2v) is 7.44. The number of aryl methyl sites for hydroxylation is 2. The van der Waals surface area contributed by atoms with Crippen LogP contribution in [0.1, 0.15) is 34.5 Å². The highest BCUT2D eigenvalue weighted by atomic mass is 19.1. The molecule has 1 aromatic carbocycles. The first-order valence-corrected chi connectivity index (χ1v) is 9.45. The number of hydroxylamine groups is 1. The van der Waals surface area contributed by atoms with Crippen LogP contribution >= 0.6 is 0 Å². The van der Waals surface area contributed by atoms with Crippen LogP contribution in [0.5, 0.6) is 0 Å². The molecule has 0 radical (unpaired) electrons. The number of likely N-dealkylation sites (tertiary alicyclic amines) is 1. The third kappa shape index (κ3) is 4.66. The smallest absolute Gasteiger partial charge is 0.267 e. The van der Waals surface area contributed by atoms with Gasteiger partial charge in [0.2, 0.25) is 0 Å². The van der Waals surface area contributed by atoms with Gasteiger partial charge in [-0.2, -0.15) is 5.10 Å². The Morgan fingerprint density at radius 2 is 2.07 bits per heavy atom. The first-order valence-electron chi connectivity index (χ1n) is 9.45. The summed E-state index contributed by atoms with van der Waals surface area (Å²) < 4.78 is 16.1. The average molecular weight is 386 g/mol. The van der Waals surface area contributed by atoms with E-state index in [-0.39, 0.29) is 6.04 Å². The van der Waals surface area contributed by atoms with Crippen LogP contribution in [-0.4, -0.2) is 44.6 Å². The molecule has 0 spiro atoms. The maximum absolute atomic E-state index is 14.2. The summed E-state index contributed by atoms with van der Waals surface area (Å²) in [6.45, 7) is 5.20. The molecule has 0 aliphatic carbocycles. The SMILES string of the molecule is Cc1nn(C)c(C)c1C[C@H]1C[C@@H](F)CN1Cc1ccc(C=CC(=O)NO)cc1. The number of halogens is 1. The summed E-state index contributed by atoms with van der Waals surface area (Å²) in [5.41, 5.74) is 6.89. The van der Waals surface area contributed by atoms with Crippen LogP contribution in [0.25, 0.3) is 6.08 Å². The fourth-order valence-electron chi connectivity index (χ4n) is 3.85. The van der Waals surface area contributed by atoms with E-state index < -0.39 is 12.1 Å². The van der Waals surface area contributed by atoms with Gasteiger partial charge in [-0.15, -0.1) is 0 Å². The highest BCUT2D eigenvalue weighted by molar-refractivity contribution is 5.90. The fourth-order valence-corrected chi connectivity index (χ4v) is 3.85. The molecule has 2 heterocycles. The van der Waals surface area contributed by atoms with Gasteiger partial charge in [-0.05, 0) is 49.5 Å². The lowest BCUT2D eigenvalue weighted by Gasteiger charge is -2.24. The lowest BCUT2D eigenvalue weighted by molar-refractivity contribution is -0.124. The van der Waals surface area contributed by atoms with Crippen molar-refractivity contribution < 1.29 is 14.4 Å². The summed E-state index contributed by atoms with van der Waals surface area (Å²) in [5, 5.41) is 13.0. The number of hydrogen-bond acceptors (Lipinski definition) is 4. The molecule has 6 nitrogen and oxygen atoms in total. The number of aromatic nitrogens is 2. The van der Waals surface area contributed by atoms with Gasteiger partial charge in [-0.3, -0.25) is 19.6 Å². The van der Waals surface area contributed by atoms with Crippen molar-refractivity contribution in [2.45, 2.75) is 45.4 Å². The van der Waals surface area contributed by atoms with Crippen molar-refractivity contribution in [3.63, 3.8) is 0 Å². The van der Waals surface area contributed by atoms with E-state index in [4.69, 9.17) is 5.21 Å². The van der Waals surface area contributed by atoms with Gasteiger partial charge in [0, 0.05) is 37.9 Å². The minimum Gasteiger partial charge on any atom is -0.293 e. The van der Waals surface area contributed by atoms with Crippen LogP contribution < -0.4 is 5.48 Å². The van der Waals surface area contributed by atoms with Gasteiger partial charge in [-0.1, -0.05) is 24.3 Å². The standard InChI is InChI=1S/C21H27FN4O2/c1-14-20(15(2)25(3)23-14)11-19-10-18(22)13-26(19)12-17-6-4-16(5-7-17)8-9-21(27)24-28/h4-9,18-19,28H,10-13H2,1-3H3,(H,24,27)/t18-,19-/m1/s1. The maximum Gasteiger partial charge on any atom is 0.267 e. The molecular formula is C21H27FN4O2. The predicted octanol–water partition coefficient (Wildman–Crippen LogP) is 2.71. The zero-order valence-electron chi connectivity index (χ0n) is 16.5. The average Bonchev–Trinajstić information content (AvgIpc) is 3.14. The van der Waals surface area contributed by atoms with Gasteiger partial charge in [-0.25, -0.2) is 9.87 Å². The second kappa shape index (κ2) is 8.67. The summed E-state index contributed by atoms with van der Waals surface area (Å²) in [4.78, 5) is 13.3. The van der Waals surface area contributed by atoms with Crippen molar-refractivity contribution >= 4 is 12.0 Å². The summed E-state index contributed by atoms with van der Waals surface area (Å²) in [6.07, 6.45) is 3.44. The molecule has 2 N–H and O–H groups in total. The van der Waals surface area contributed by atoms with E-state index in [1.165, 1.54) is 11.6 Å². The van der Waals surface area contributed by atoms with Gasteiger partial charge in [0.05, 0.1) is 5.69 Å². The second-order valence-electron chi connectivity index (χ2n) is 7.44. The van der Waals surface area contributed by atoms with E-state index in [1.807, 2.05) is 42.9 Å². The number of carbonyl (C=O) groups is 1. The highest BCUT2D eigenvalue weighted by Crippen LogP contribution is 2.27. The highest BCUT2D eigenvalue weighted by Gasteiger charge is 2.33. The summed E-state index contributed by atoms with van der Waals surface area (Å²) in [5.74, 6) is -0.570. The van der Waals surface area contributed by atoms with Crippen LogP contribution in [0.15, 0.2) is 30.3 Å². The molecule has 150 valence electrons. The quantitative estimate of drug-likeness (QED) is 0.455. The molecule has 3 rings (SSSR count). The Morgan fingerprint density at radius 1 is 1.36 bits per heavy atom. The number of nitrogens with zero attached hydrogens (tertiary/aromatic N) is 3. The number of hydrogen-bond donors (Lipinski definition) is 2. The Kier molecular flexibility index (Phi) is 6.26. The first-order chi connectivity index (χ1) is 13.4. The number of nitrogens with one attached hydrogen (secondary N) is 1. The van der Waals surface area contributed by atoms with Crippen LogP contribution in [0.4, 0.5) is 4.39 Å². The van der Waals surface area contributed by atoms with Crippen LogP contribution in [0, 0.1) is 13.8 Å². The molecule has 2 aromatic rings. The Balaban J connectivity index is 1.68. The van der Waals surface area contributed by atoms with Gasteiger partial charge in [0.25, 0.3) is 5.91 Å². The van der Waals surface area contributed by atoms with Crippen molar-refractivity contribution in [3.05, 3.63) is 58.4 Å². The fraction of sp³-hybridized carbons (Fsp3) is 0.429. The summed E-state index contributed by atoms with van der Waals surface area (Å²) in [6, 6.07) is 7.94. The summed E-state index contributed by atoms with van der Waals surface area (Å²) >= 11 is 0. The molecule has 1 amide bonds. The van der Waals surface area contributed by atoms with Crippen LogP contribution in [0.3, 0.4) is 0 Å². The van der Waals surface area contributed by atoms with Crippen molar-refractivity contribution in [1.82, 2.24) is 20.2 Å². The van der Waals surface area contributed by atoms with E-state index >= 15 is 0 Å². The molecule has 28 heavy (non-hydrogen) atoms. The lowest BCUT2D eigenvalue weighted by atomic mass is 10.0. The van der Waals surface area contributed by atoms with Gasteiger partial charge in [0.15, 0.2) is 0 Å². The van der Waals surface area contributed by atoms with E-state index in [9.17, 15) is 9.18 Å². The monoisotopic (exact) mass is 386 g/mol. The zero-order valence-corrected chi connectivity index (χ0v) is 16.5. The van der Waals surface area contributed by atoms with E-state index in [2.05, 4.69) is 16.9 Å². The van der Waals surface area contributed by atoms with Gasteiger partial charge < -0.3 is 0 Å². The minimum atomic E-state index is -0.804. The minimum absolute atomic E-state index is 0.157. The van der Waals surface area contributed by atoms with E-state index in [1.54, 1.807) is 11.6 Å². The third-order valence-corrected chi connectivity index (χ3v) is 5.48. The largest absolute Gasteiger partial charge is 0.293 e. The number of amides is 1. The third-order valence-electron chi connectivity index (χ3n) is 5.48. The first kappa shape index (κ1) is 20.2. The lowest BCUT2D eigenvalue weighted by Crippen LogP contribution is -2.31. The molecule has 1 aliphatic heterocycles. The molecular weight excluding hydrogens is 359 g/mol. The zero-order chi connectivity index (χ0) is 20.3. The van der Waals surface area contributed by atoms with Crippen LogP contribution in [-0.2, 0) is 24.8 Å². The molecule has 7 heteroatoms. The maximum atomic E-state index is 14.2. The molecule has 0 unspecified atom stereocenters. The van der Waals surface area contributed by atoms with Crippen molar-refractivity contribution in [2.24, 2.45) is 7.05 Å². The number of alkyl halides is 1. The predicted molar refractivity (Wildman–Crippen MR) is 106 cm³/mol. The number of carbonyl (C=O) groups excluding carboxylic acids is 1. The van der Waals surface area contributed by atoms with Gasteiger partial charge >= 0.3 is 0 Å². The topological polar surface area (TPSA) is 70.4 Å². The summed E-state index contributed by atoms with van der Waals surface area (Å²) in [7, 11) is 1.94. The number of rotatable bonds is 6. The Labute approximate surface area is 164 Å². The van der Waals surface area contributed by atoms with E-state index in [0.717, 1.165) is 28.9 Å². The molecule has 1 saturated heterocycles. The Hall–Kier alpha value is -2.51. The molecule has 0 bridgehead atoms. The van der Waals surface area contributed by atoms with Crippen molar-refractivity contribution in [3.8, 4) is 0 Å². The normalized spacial score (nSPS) is 20.2. The Bertz CT molecular complexity index is 860. The van der Waals surface area contributed by atoms with Gasteiger partial charge in [0.1, 0.15) is 6.17 Å². The molecule has 1 fully saturated rings. The van der Waals surface area contributed by atoms with Crippen molar-refractivity contribution in [1.29, 1.82) is 0 Å². The van der Waals surface area contributed by atoms with E-state index in [0.29, 0.717) is 19.5 Å². The molecule has 1 aromatic heterocycles.